The Hall–Kier alpha value is -0.570. The van der Waals surface area contributed by atoms with Crippen LogP contribution in [0.4, 0.5) is 0 Å². The minimum absolute atomic E-state index is 0.314. The lowest BCUT2D eigenvalue weighted by molar-refractivity contribution is -0.138. The van der Waals surface area contributed by atoms with Gasteiger partial charge in [-0.25, -0.2) is 0 Å². The Kier molecular flexibility index (Phi) is 3.53. The van der Waals surface area contributed by atoms with Crippen molar-refractivity contribution >= 4 is 5.97 Å². The van der Waals surface area contributed by atoms with Gasteiger partial charge in [-0.2, -0.15) is 0 Å². The van der Waals surface area contributed by atoms with E-state index in [1.54, 1.807) is 0 Å². The van der Waals surface area contributed by atoms with Crippen molar-refractivity contribution in [3.8, 4) is 0 Å². The molecule has 0 aromatic carbocycles. The lowest BCUT2D eigenvalue weighted by Gasteiger charge is -2.20. The molecular formula is C9H17NO2. The third-order valence-corrected chi connectivity index (χ3v) is 2.63. The van der Waals surface area contributed by atoms with E-state index in [0.29, 0.717) is 18.4 Å². The van der Waals surface area contributed by atoms with Gasteiger partial charge in [0.15, 0.2) is 0 Å². The second-order valence-electron chi connectivity index (χ2n) is 3.47. The SMILES string of the molecule is CC[C@@H](CC(=O)O)[C@@H]1CCCN1. The molecule has 0 spiro atoms. The van der Waals surface area contributed by atoms with Crippen LogP contribution in [0.15, 0.2) is 0 Å². The molecule has 0 unspecified atom stereocenters. The monoisotopic (exact) mass is 171 g/mol. The summed E-state index contributed by atoms with van der Waals surface area (Å²) in [5.74, 6) is -0.347. The van der Waals surface area contributed by atoms with Crippen LogP contribution in [0.25, 0.3) is 0 Å². The Morgan fingerprint density at radius 2 is 2.50 bits per heavy atom. The quantitative estimate of drug-likeness (QED) is 0.669. The van der Waals surface area contributed by atoms with Gasteiger partial charge in [0.25, 0.3) is 0 Å². The largest absolute Gasteiger partial charge is 0.481 e. The zero-order valence-corrected chi connectivity index (χ0v) is 7.55. The number of carboxylic acids is 1. The Labute approximate surface area is 73.2 Å². The molecule has 0 amide bonds. The molecular weight excluding hydrogens is 154 g/mol. The highest BCUT2D eigenvalue weighted by molar-refractivity contribution is 5.67. The molecule has 70 valence electrons. The van der Waals surface area contributed by atoms with Crippen LogP contribution in [-0.4, -0.2) is 23.7 Å². The molecule has 1 rings (SSSR count). The highest BCUT2D eigenvalue weighted by Crippen LogP contribution is 2.20. The number of hydrogen-bond acceptors (Lipinski definition) is 2. The number of carboxylic acid groups (broad SMARTS) is 1. The molecule has 0 bridgehead atoms. The van der Waals surface area contributed by atoms with Crippen LogP contribution >= 0.6 is 0 Å². The molecule has 0 aromatic rings. The van der Waals surface area contributed by atoms with E-state index in [1.807, 2.05) is 0 Å². The number of rotatable bonds is 4. The number of nitrogens with one attached hydrogen (secondary N) is 1. The Morgan fingerprint density at radius 1 is 1.75 bits per heavy atom. The normalized spacial score (nSPS) is 25.6. The smallest absolute Gasteiger partial charge is 0.303 e. The van der Waals surface area contributed by atoms with E-state index in [2.05, 4.69) is 12.2 Å². The molecule has 1 heterocycles. The van der Waals surface area contributed by atoms with Crippen molar-refractivity contribution < 1.29 is 9.90 Å². The van der Waals surface area contributed by atoms with Crippen LogP contribution in [0, 0.1) is 5.92 Å². The lowest BCUT2D eigenvalue weighted by Crippen LogP contribution is -2.31. The van der Waals surface area contributed by atoms with E-state index in [1.165, 1.54) is 6.42 Å². The maximum atomic E-state index is 10.5. The van der Waals surface area contributed by atoms with E-state index < -0.39 is 5.97 Å². The van der Waals surface area contributed by atoms with Gasteiger partial charge in [0.1, 0.15) is 0 Å². The fraction of sp³-hybridized carbons (Fsp3) is 0.889. The van der Waals surface area contributed by atoms with Crippen molar-refractivity contribution in [3.63, 3.8) is 0 Å². The predicted molar refractivity (Wildman–Crippen MR) is 47.1 cm³/mol. The van der Waals surface area contributed by atoms with Crippen molar-refractivity contribution in [2.45, 2.75) is 38.6 Å². The molecule has 12 heavy (non-hydrogen) atoms. The van der Waals surface area contributed by atoms with Gasteiger partial charge >= 0.3 is 5.97 Å². The zero-order valence-electron chi connectivity index (χ0n) is 7.55. The van der Waals surface area contributed by atoms with Crippen molar-refractivity contribution in [2.24, 2.45) is 5.92 Å². The summed E-state index contributed by atoms with van der Waals surface area (Å²) in [4.78, 5) is 10.5. The van der Waals surface area contributed by atoms with Crippen molar-refractivity contribution in [1.29, 1.82) is 0 Å². The molecule has 1 saturated heterocycles. The van der Waals surface area contributed by atoms with Crippen LogP contribution in [0.1, 0.15) is 32.6 Å². The first kappa shape index (κ1) is 9.52. The molecule has 2 N–H and O–H groups in total. The third kappa shape index (κ3) is 2.48. The summed E-state index contributed by atoms with van der Waals surface area (Å²) >= 11 is 0. The molecule has 0 radical (unpaired) electrons. The average molecular weight is 171 g/mol. The first-order valence-corrected chi connectivity index (χ1v) is 4.69. The summed E-state index contributed by atoms with van der Waals surface area (Å²) in [7, 11) is 0. The topological polar surface area (TPSA) is 49.3 Å². The Morgan fingerprint density at radius 3 is 2.92 bits per heavy atom. The third-order valence-electron chi connectivity index (χ3n) is 2.63. The number of hydrogen-bond donors (Lipinski definition) is 2. The first-order valence-electron chi connectivity index (χ1n) is 4.69. The van der Waals surface area contributed by atoms with Crippen molar-refractivity contribution in [1.82, 2.24) is 5.32 Å². The molecule has 0 aromatic heterocycles. The molecule has 1 aliphatic rings. The minimum Gasteiger partial charge on any atom is -0.481 e. The van der Waals surface area contributed by atoms with Gasteiger partial charge < -0.3 is 10.4 Å². The van der Waals surface area contributed by atoms with Crippen LogP contribution in [-0.2, 0) is 4.79 Å². The second-order valence-corrected chi connectivity index (χ2v) is 3.47. The van der Waals surface area contributed by atoms with Gasteiger partial charge in [0, 0.05) is 12.5 Å². The molecule has 0 saturated carbocycles. The van der Waals surface area contributed by atoms with Crippen LogP contribution in [0.3, 0.4) is 0 Å². The van der Waals surface area contributed by atoms with Gasteiger partial charge in [0.05, 0.1) is 0 Å². The first-order chi connectivity index (χ1) is 5.74. The maximum Gasteiger partial charge on any atom is 0.303 e. The summed E-state index contributed by atoms with van der Waals surface area (Å²) in [6.07, 6.45) is 3.62. The van der Waals surface area contributed by atoms with Crippen molar-refractivity contribution in [3.05, 3.63) is 0 Å². The van der Waals surface area contributed by atoms with Gasteiger partial charge in [-0.15, -0.1) is 0 Å². The molecule has 3 nitrogen and oxygen atoms in total. The second kappa shape index (κ2) is 4.45. The number of aliphatic carboxylic acids is 1. The van der Waals surface area contributed by atoms with Gasteiger partial charge in [-0.05, 0) is 25.3 Å². The molecule has 1 aliphatic heterocycles. The molecule has 1 fully saturated rings. The Bertz CT molecular complexity index is 153. The van der Waals surface area contributed by atoms with Crippen LogP contribution in [0.2, 0.25) is 0 Å². The fourth-order valence-electron chi connectivity index (χ4n) is 1.91. The van der Waals surface area contributed by atoms with Gasteiger partial charge in [-0.1, -0.05) is 13.3 Å². The van der Waals surface area contributed by atoms with E-state index in [-0.39, 0.29) is 0 Å². The standard InChI is InChI=1S/C9H17NO2/c1-2-7(6-9(11)12)8-4-3-5-10-8/h7-8,10H,2-6H2,1H3,(H,11,12)/t7-,8-/m0/s1. The van der Waals surface area contributed by atoms with E-state index in [9.17, 15) is 4.79 Å². The zero-order chi connectivity index (χ0) is 8.97. The summed E-state index contributed by atoms with van der Waals surface area (Å²) in [6, 6.07) is 0.450. The maximum absolute atomic E-state index is 10.5. The summed E-state index contributed by atoms with van der Waals surface area (Å²) in [6.45, 7) is 3.12. The predicted octanol–water partition coefficient (Wildman–Crippen LogP) is 1.24. The highest BCUT2D eigenvalue weighted by atomic mass is 16.4. The van der Waals surface area contributed by atoms with E-state index in [4.69, 9.17) is 5.11 Å². The summed E-state index contributed by atoms with van der Waals surface area (Å²) < 4.78 is 0. The molecule has 2 atom stereocenters. The van der Waals surface area contributed by atoms with Crippen LogP contribution in [0.5, 0.6) is 0 Å². The van der Waals surface area contributed by atoms with E-state index in [0.717, 1.165) is 19.4 Å². The highest BCUT2D eigenvalue weighted by Gasteiger charge is 2.24. The van der Waals surface area contributed by atoms with Crippen LogP contribution < -0.4 is 5.32 Å². The fourth-order valence-corrected chi connectivity index (χ4v) is 1.91. The molecule has 0 aliphatic carbocycles. The van der Waals surface area contributed by atoms with Gasteiger partial charge in [-0.3, -0.25) is 4.79 Å². The minimum atomic E-state index is -0.671. The van der Waals surface area contributed by atoms with Crippen molar-refractivity contribution in [2.75, 3.05) is 6.54 Å². The van der Waals surface area contributed by atoms with E-state index >= 15 is 0 Å². The lowest BCUT2D eigenvalue weighted by atomic mass is 9.92. The summed E-state index contributed by atoms with van der Waals surface area (Å²) in [5.41, 5.74) is 0. The average Bonchev–Trinajstić information content (AvgIpc) is 2.51. The molecule has 3 heteroatoms. The Balaban J connectivity index is 2.37. The number of carbonyl (C=O) groups is 1. The summed E-state index contributed by atoms with van der Waals surface area (Å²) in [5, 5.41) is 12.0. The van der Waals surface area contributed by atoms with Gasteiger partial charge in [0.2, 0.25) is 0 Å².